The van der Waals surface area contributed by atoms with Crippen molar-refractivity contribution < 1.29 is 14.6 Å². The molecule has 2 N–H and O–H groups in total. The number of carbonyl (C=O) groups excluding carboxylic acids is 1. The van der Waals surface area contributed by atoms with Crippen molar-refractivity contribution in [3.63, 3.8) is 0 Å². The van der Waals surface area contributed by atoms with E-state index in [0.29, 0.717) is 19.8 Å². The van der Waals surface area contributed by atoms with Gasteiger partial charge in [-0.2, -0.15) is 0 Å². The highest BCUT2D eigenvalue weighted by atomic mass is 16.5. The highest BCUT2D eigenvalue weighted by molar-refractivity contribution is 5.82. The van der Waals surface area contributed by atoms with Gasteiger partial charge < -0.3 is 20.1 Å². The first-order valence-corrected chi connectivity index (χ1v) is 5.52. The lowest BCUT2D eigenvalue weighted by Crippen LogP contribution is -2.52. The molecule has 15 heavy (non-hydrogen) atoms. The van der Waals surface area contributed by atoms with Gasteiger partial charge in [-0.15, -0.1) is 0 Å². The number of rotatable bonds is 2. The number of nitrogens with one attached hydrogen (secondary N) is 1. The number of morpholine rings is 1. The first-order chi connectivity index (χ1) is 7.31. The largest absolute Gasteiger partial charge is 0.396 e. The molecular weight excluding hydrogens is 196 g/mol. The fourth-order valence-electron chi connectivity index (χ4n) is 2.13. The van der Waals surface area contributed by atoms with Crippen molar-refractivity contribution in [2.24, 2.45) is 5.92 Å². The Morgan fingerprint density at radius 1 is 1.60 bits per heavy atom. The number of hydrogen-bond donors (Lipinski definition) is 2. The second-order valence-electron chi connectivity index (χ2n) is 4.20. The highest BCUT2D eigenvalue weighted by Crippen LogP contribution is 2.16. The first kappa shape index (κ1) is 10.9. The van der Waals surface area contributed by atoms with Crippen LogP contribution in [0.3, 0.4) is 0 Å². The third-order valence-electron chi connectivity index (χ3n) is 3.08. The van der Waals surface area contributed by atoms with E-state index < -0.39 is 0 Å². The molecule has 0 aliphatic carbocycles. The number of ether oxygens (including phenoxy) is 1. The third kappa shape index (κ3) is 2.48. The van der Waals surface area contributed by atoms with Crippen molar-refractivity contribution in [2.45, 2.75) is 12.5 Å². The zero-order valence-electron chi connectivity index (χ0n) is 8.82. The third-order valence-corrected chi connectivity index (χ3v) is 3.08. The van der Waals surface area contributed by atoms with E-state index in [4.69, 9.17) is 9.84 Å². The number of aliphatic hydroxyl groups excluding tert-OH is 1. The standard InChI is InChI=1S/C10H18N2O3/c13-6-8-1-3-12(5-8)10(14)9-7-15-4-2-11-9/h8-9,11,13H,1-7H2. The van der Waals surface area contributed by atoms with Gasteiger partial charge in [0.15, 0.2) is 0 Å². The molecule has 5 nitrogen and oxygen atoms in total. The molecule has 2 unspecified atom stereocenters. The molecule has 0 aromatic rings. The highest BCUT2D eigenvalue weighted by Gasteiger charge is 2.31. The van der Waals surface area contributed by atoms with Crippen molar-refractivity contribution in [3.05, 3.63) is 0 Å². The smallest absolute Gasteiger partial charge is 0.242 e. The maximum atomic E-state index is 12.0. The minimum atomic E-state index is -0.184. The van der Waals surface area contributed by atoms with Crippen molar-refractivity contribution >= 4 is 5.91 Å². The molecule has 2 fully saturated rings. The fourth-order valence-corrected chi connectivity index (χ4v) is 2.13. The van der Waals surface area contributed by atoms with E-state index >= 15 is 0 Å². The van der Waals surface area contributed by atoms with Crippen molar-refractivity contribution in [1.82, 2.24) is 10.2 Å². The zero-order chi connectivity index (χ0) is 10.7. The maximum Gasteiger partial charge on any atom is 0.242 e. The summed E-state index contributed by atoms with van der Waals surface area (Å²) in [4.78, 5) is 13.8. The molecule has 2 aliphatic rings. The lowest BCUT2D eigenvalue weighted by Gasteiger charge is -2.27. The number of amides is 1. The number of aliphatic hydroxyl groups is 1. The van der Waals surface area contributed by atoms with Crippen LogP contribution < -0.4 is 5.32 Å². The molecule has 2 saturated heterocycles. The van der Waals surface area contributed by atoms with E-state index in [1.807, 2.05) is 4.90 Å². The molecule has 2 aliphatic heterocycles. The number of likely N-dealkylation sites (tertiary alicyclic amines) is 1. The molecular formula is C10H18N2O3. The Hall–Kier alpha value is -0.650. The van der Waals surface area contributed by atoms with E-state index in [1.54, 1.807) is 0 Å². The summed E-state index contributed by atoms with van der Waals surface area (Å²) in [5.74, 6) is 0.379. The van der Waals surface area contributed by atoms with Gasteiger partial charge in [-0.05, 0) is 6.42 Å². The SMILES string of the molecule is O=C(C1COCCN1)N1CCC(CO)C1. The summed E-state index contributed by atoms with van der Waals surface area (Å²) in [7, 11) is 0. The Labute approximate surface area is 89.4 Å². The van der Waals surface area contributed by atoms with Crippen molar-refractivity contribution in [3.8, 4) is 0 Å². The van der Waals surface area contributed by atoms with Gasteiger partial charge in [0, 0.05) is 32.2 Å². The van der Waals surface area contributed by atoms with Crippen LogP contribution in [-0.2, 0) is 9.53 Å². The van der Waals surface area contributed by atoms with E-state index in [1.165, 1.54) is 0 Å². The van der Waals surface area contributed by atoms with Crippen LogP contribution in [0.1, 0.15) is 6.42 Å². The van der Waals surface area contributed by atoms with Gasteiger partial charge in [0.05, 0.1) is 13.2 Å². The molecule has 1 amide bonds. The summed E-state index contributed by atoms with van der Waals surface area (Å²) in [5.41, 5.74) is 0. The van der Waals surface area contributed by atoms with Crippen LogP contribution in [0.2, 0.25) is 0 Å². The van der Waals surface area contributed by atoms with Gasteiger partial charge in [0.1, 0.15) is 6.04 Å². The Morgan fingerprint density at radius 2 is 2.47 bits per heavy atom. The molecule has 2 atom stereocenters. The van der Waals surface area contributed by atoms with Crippen molar-refractivity contribution in [2.75, 3.05) is 39.5 Å². The molecule has 5 heteroatoms. The topological polar surface area (TPSA) is 61.8 Å². The Kier molecular flexibility index (Phi) is 3.56. The van der Waals surface area contributed by atoms with Crippen LogP contribution in [0.5, 0.6) is 0 Å². The minimum Gasteiger partial charge on any atom is -0.396 e. The van der Waals surface area contributed by atoms with Gasteiger partial charge in [-0.25, -0.2) is 0 Å². The van der Waals surface area contributed by atoms with E-state index in [-0.39, 0.29) is 24.5 Å². The van der Waals surface area contributed by atoms with Gasteiger partial charge in [-0.1, -0.05) is 0 Å². The summed E-state index contributed by atoms with van der Waals surface area (Å²) in [6.45, 7) is 3.53. The van der Waals surface area contributed by atoms with Crippen LogP contribution >= 0.6 is 0 Å². The van der Waals surface area contributed by atoms with Gasteiger partial charge in [-0.3, -0.25) is 4.79 Å². The minimum absolute atomic E-state index is 0.116. The summed E-state index contributed by atoms with van der Waals surface area (Å²) in [5, 5.41) is 12.1. The second-order valence-corrected chi connectivity index (χ2v) is 4.20. The zero-order valence-corrected chi connectivity index (χ0v) is 8.82. The number of hydrogen-bond acceptors (Lipinski definition) is 4. The van der Waals surface area contributed by atoms with Crippen LogP contribution in [0.4, 0.5) is 0 Å². The molecule has 0 bridgehead atoms. The number of carbonyl (C=O) groups is 1. The quantitative estimate of drug-likeness (QED) is 0.607. The second kappa shape index (κ2) is 4.92. The summed E-state index contributed by atoms with van der Waals surface area (Å²) < 4.78 is 5.26. The summed E-state index contributed by atoms with van der Waals surface area (Å²) >= 11 is 0. The Morgan fingerprint density at radius 3 is 3.07 bits per heavy atom. The van der Waals surface area contributed by atoms with Gasteiger partial charge in [0.25, 0.3) is 0 Å². The van der Waals surface area contributed by atoms with E-state index in [2.05, 4.69) is 5.32 Å². The average molecular weight is 214 g/mol. The van der Waals surface area contributed by atoms with Crippen LogP contribution in [0.15, 0.2) is 0 Å². The normalized spacial score (nSPS) is 31.9. The molecule has 2 rings (SSSR count). The molecule has 0 spiro atoms. The summed E-state index contributed by atoms with van der Waals surface area (Å²) in [6, 6.07) is -0.184. The van der Waals surface area contributed by atoms with Crippen molar-refractivity contribution in [1.29, 1.82) is 0 Å². The number of nitrogens with zero attached hydrogens (tertiary/aromatic N) is 1. The maximum absolute atomic E-state index is 12.0. The molecule has 0 aromatic carbocycles. The predicted octanol–water partition coefficient (Wildman–Crippen LogP) is -1.18. The first-order valence-electron chi connectivity index (χ1n) is 5.52. The van der Waals surface area contributed by atoms with Crippen LogP contribution in [0, 0.1) is 5.92 Å². The average Bonchev–Trinajstić information content (AvgIpc) is 2.78. The molecule has 86 valence electrons. The predicted molar refractivity (Wildman–Crippen MR) is 54.4 cm³/mol. The van der Waals surface area contributed by atoms with Crippen LogP contribution in [0.25, 0.3) is 0 Å². The molecule has 0 aromatic heterocycles. The molecule has 0 radical (unpaired) electrons. The van der Waals surface area contributed by atoms with Gasteiger partial charge >= 0.3 is 0 Å². The van der Waals surface area contributed by atoms with Crippen LogP contribution in [-0.4, -0.2) is 61.4 Å². The summed E-state index contributed by atoms with van der Waals surface area (Å²) in [6.07, 6.45) is 0.913. The molecule has 2 heterocycles. The Bertz CT molecular complexity index is 229. The van der Waals surface area contributed by atoms with E-state index in [9.17, 15) is 4.79 Å². The van der Waals surface area contributed by atoms with Gasteiger partial charge in [0.2, 0.25) is 5.91 Å². The van der Waals surface area contributed by atoms with E-state index in [0.717, 1.165) is 19.5 Å². The lowest BCUT2D eigenvalue weighted by atomic mass is 10.1. The molecule has 0 saturated carbocycles. The monoisotopic (exact) mass is 214 g/mol. The Balaban J connectivity index is 1.85. The lowest BCUT2D eigenvalue weighted by molar-refractivity contribution is -0.135. The fraction of sp³-hybridized carbons (Fsp3) is 0.900.